The minimum Gasteiger partial charge on any atom is -0.367 e. The number of anilines is 2. The average Bonchev–Trinajstić information content (AvgIpc) is 3.30. The Bertz CT molecular complexity index is 1060. The van der Waals surface area contributed by atoms with Crippen LogP contribution in [0.3, 0.4) is 0 Å². The number of nitrogens with one attached hydrogen (secondary N) is 1. The molecule has 1 saturated heterocycles. The number of para-hydroxylation sites is 1. The van der Waals surface area contributed by atoms with Crippen molar-refractivity contribution >= 4 is 34.0 Å². The van der Waals surface area contributed by atoms with Crippen LogP contribution in [0.25, 0.3) is 21.6 Å². The highest BCUT2D eigenvalue weighted by Crippen LogP contribution is 2.29. The fourth-order valence-electron chi connectivity index (χ4n) is 3.57. The van der Waals surface area contributed by atoms with Crippen LogP contribution in [0.4, 0.5) is 11.8 Å². The predicted molar refractivity (Wildman–Crippen MR) is 114 cm³/mol. The summed E-state index contributed by atoms with van der Waals surface area (Å²) < 4.78 is 0. The van der Waals surface area contributed by atoms with Crippen LogP contribution in [0.2, 0.25) is 0 Å². The standard InChI is InChI=1S/C21H20N6S/c1-2-6-17-16(5-1)19(26-20(25-17)18-7-3-14-28-18)24-15-8-12-27(13-9-15)21-22-10-4-11-23-21/h1-7,10-11,14-15H,8-9,12-13H2,(H,24,25,26). The lowest BCUT2D eigenvalue weighted by Crippen LogP contribution is -2.40. The fraction of sp³-hybridized carbons (Fsp3) is 0.238. The molecule has 0 unspecified atom stereocenters. The van der Waals surface area contributed by atoms with Gasteiger partial charge in [0.15, 0.2) is 5.82 Å². The van der Waals surface area contributed by atoms with Gasteiger partial charge < -0.3 is 10.2 Å². The molecule has 3 aromatic heterocycles. The summed E-state index contributed by atoms with van der Waals surface area (Å²) in [5.41, 5.74) is 0.971. The van der Waals surface area contributed by atoms with Gasteiger partial charge in [-0.1, -0.05) is 18.2 Å². The number of hydrogen-bond donors (Lipinski definition) is 1. The third-order valence-electron chi connectivity index (χ3n) is 5.02. The van der Waals surface area contributed by atoms with Gasteiger partial charge in [0, 0.05) is 36.9 Å². The van der Waals surface area contributed by atoms with Gasteiger partial charge in [0.2, 0.25) is 5.95 Å². The van der Waals surface area contributed by atoms with Crippen LogP contribution in [0.1, 0.15) is 12.8 Å². The molecule has 1 aromatic carbocycles. The van der Waals surface area contributed by atoms with E-state index in [1.807, 2.05) is 24.3 Å². The summed E-state index contributed by atoms with van der Waals surface area (Å²) in [7, 11) is 0. The Morgan fingerprint density at radius 1 is 0.929 bits per heavy atom. The molecule has 1 aliphatic heterocycles. The molecule has 4 aromatic rings. The van der Waals surface area contributed by atoms with Crippen LogP contribution in [-0.2, 0) is 0 Å². The molecule has 4 heterocycles. The number of rotatable bonds is 4. The minimum absolute atomic E-state index is 0.370. The molecule has 0 spiro atoms. The van der Waals surface area contributed by atoms with E-state index < -0.39 is 0 Å². The van der Waals surface area contributed by atoms with E-state index in [1.165, 1.54) is 0 Å². The Labute approximate surface area is 167 Å². The van der Waals surface area contributed by atoms with Crippen LogP contribution in [0, 0.1) is 0 Å². The summed E-state index contributed by atoms with van der Waals surface area (Å²) in [5.74, 6) is 2.52. The van der Waals surface area contributed by atoms with Gasteiger partial charge in [-0.25, -0.2) is 19.9 Å². The Morgan fingerprint density at radius 2 is 1.75 bits per heavy atom. The maximum Gasteiger partial charge on any atom is 0.225 e. The molecule has 1 N–H and O–H groups in total. The van der Waals surface area contributed by atoms with Crippen molar-refractivity contribution in [2.24, 2.45) is 0 Å². The number of thiophene rings is 1. The molecule has 6 nitrogen and oxygen atoms in total. The summed E-state index contributed by atoms with van der Waals surface area (Å²) >= 11 is 1.66. The molecule has 28 heavy (non-hydrogen) atoms. The van der Waals surface area contributed by atoms with E-state index >= 15 is 0 Å². The number of aromatic nitrogens is 4. The van der Waals surface area contributed by atoms with Crippen molar-refractivity contribution < 1.29 is 0 Å². The molecular formula is C21H20N6S. The average molecular weight is 389 g/mol. The number of benzene rings is 1. The van der Waals surface area contributed by atoms with Crippen molar-refractivity contribution in [1.82, 2.24) is 19.9 Å². The Hall–Kier alpha value is -3.06. The first-order valence-corrected chi connectivity index (χ1v) is 10.3. The smallest absolute Gasteiger partial charge is 0.225 e. The monoisotopic (exact) mass is 388 g/mol. The summed E-state index contributed by atoms with van der Waals surface area (Å²) in [6.07, 6.45) is 5.63. The Balaban J connectivity index is 1.38. The van der Waals surface area contributed by atoms with Crippen LogP contribution in [-0.4, -0.2) is 39.1 Å². The van der Waals surface area contributed by atoms with Crippen molar-refractivity contribution in [2.45, 2.75) is 18.9 Å². The quantitative estimate of drug-likeness (QED) is 0.564. The van der Waals surface area contributed by atoms with E-state index in [1.54, 1.807) is 23.7 Å². The van der Waals surface area contributed by atoms with Gasteiger partial charge in [0.25, 0.3) is 0 Å². The zero-order chi connectivity index (χ0) is 18.8. The molecule has 1 fully saturated rings. The lowest BCUT2D eigenvalue weighted by molar-refractivity contribution is 0.519. The third-order valence-corrected chi connectivity index (χ3v) is 5.88. The number of hydrogen-bond acceptors (Lipinski definition) is 7. The molecule has 0 amide bonds. The van der Waals surface area contributed by atoms with Crippen molar-refractivity contribution in [3.05, 3.63) is 60.2 Å². The lowest BCUT2D eigenvalue weighted by atomic mass is 10.0. The van der Waals surface area contributed by atoms with E-state index in [-0.39, 0.29) is 0 Å². The van der Waals surface area contributed by atoms with Crippen LogP contribution < -0.4 is 10.2 Å². The van der Waals surface area contributed by atoms with Crippen molar-refractivity contribution in [3.63, 3.8) is 0 Å². The first-order valence-electron chi connectivity index (χ1n) is 9.46. The van der Waals surface area contributed by atoms with E-state index in [4.69, 9.17) is 9.97 Å². The van der Waals surface area contributed by atoms with Gasteiger partial charge >= 0.3 is 0 Å². The molecule has 1 aliphatic rings. The Kier molecular flexibility index (Phi) is 4.58. The zero-order valence-electron chi connectivity index (χ0n) is 15.3. The van der Waals surface area contributed by atoms with Gasteiger partial charge in [0.05, 0.1) is 10.4 Å². The largest absolute Gasteiger partial charge is 0.367 e. The summed E-state index contributed by atoms with van der Waals surface area (Å²) in [6.45, 7) is 1.87. The summed E-state index contributed by atoms with van der Waals surface area (Å²) in [6, 6.07) is 14.5. The second-order valence-corrected chi connectivity index (χ2v) is 7.79. The van der Waals surface area contributed by atoms with Crippen LogP contribution in [0.15, 0.2) is 60.2 Å². The molecule has 0 radical (unpaired) electrons. The number of piperidine rings is 1. The second-order valence-electron chi connectivity index (χ2n) is 6.84. The molecule has 0 atom stereocenters. The van der Waals surface area contributed by atoms with Crippen molar-refractivity contribution in [2.75, 3.05) is 23.3 Å². The highest BCUT2D eigenvalue weighted by atomic mass is 32.1. The van der Waals surface area contributed by atoms with Crippen LogP contribution >= 0.6 is 11.3 Å². The molecule has 0 aliphatic carbocycles. The molecule has 0 saturated carbocycles. The highest BCUT2D eigenvalue weighted by molar-refractivity contribution is 7.13. The summed E-state index contributed by atoms with van der Waals surface area (Å²) in [5, 5.41) is 6.81. The van der Waals surface area contributed by atoms with Gasteiger partial charge in [-0.3, -0.25) is 0 Å². The maximum atomic E-state index is 4.86. The first kappa shape index (κ1) is 17.1. The minimum atomic E-state index is 0.370. The molecular weight excluding hydrogens is 368 g/mol. The van der Waals surface area contributed by atoms with Gasteiger partial charge in [0.1, 0.15) is 5.82 Å². The van der Waals surface area contributed by atoms with E-state index in [9.17, 15) is 0 Å². The fourth-order valence-corrected chi connectivity index (χ4v) is 4.23. The summed E-state index contributed by atoms with van der Waals surface area (Å²) in [4.78, 5) is 21.7. The topological polar surface area (TPSA) is 66.8 Å². The van der Waals surface area contributed by atoms with Crippen molar-refractivity contribution in [3.8, 4) is 10.7 Å². The molecule has 140 valence electrons. The second kappa shape index (κ2) is 7.52. The number of nitrogens with zero attached hydrogens (tertiary/aromatic N) is 5. The number of fused-ring (bicyclic) bond motifs is 1. The lowest BCUT2D eigenvalue weighted by Gasteiger charge is -2.32. The van der Waals surface area contributed by atoms with Gasteiger partial charge in [-0.15, -0.1) is 11.3 Å². The molecule has 0 bridgehead atoms. The van der Waals surface area contributed by atoms with Gasteiger partial charge in [-0.05, 0) is 42.5 Å². The SMILES string of the molecule is c1cnc(N2CCC(Nc3nc(-c4cccs4)nc4ccccc34)CC2)nc1. The van der Waals surface area contributed by atoms with Crippen LogP contribution in [0.5, 0.6) is 0 Å². The van der Waals surface area contributed by atoms with Crippen molar-refractivity contribution in [1.29, 1.82) is 0 Å². The Morgan fingerprint density at radius 3 is 2.54 bits per heavy atom. The third kappa shape index (κ3) is 3.41. The highest BCUT2D eigenvalue weighted by Gasteiger charge is 2.22. The van der Waals surface area contributed by atoms with E-state index in [0.29, 0.717) is 6.04 Å². The molecule has 7 heteroatoms. The maximum absolute atomic E-state index is 4.86. The van der Waals surface area contributed by atoms with E-state index in [2.05, 4.69) is 43.8 Å². The van der Waals surface area contributed by atoms with Gasteiger partial charge in [-0.2, -0.15) is 0 Å². The predicted octanol–water partition coefficient (Wildman–Crippen LogP) is 4.23. The molecule has 5 rings (SSSR count). The zero-order valence-corrected chi connectivity index (χ0v) is 16.1. The van der Waals surface area contributed by atoms with E-state index in [0.717, 1.165) is 59.3 Å². The normalized spacial score (nSPS) is 15.1. The first-order chi connectivity index (χ1) is 13.9.